The summed E-state index contributed by atoms with van der Waals surface area (Å²) in [6.45, 7) is 0.547. The van der Waals surface area contributed by atoms with Crippen molar-refractivity contribution in [2.24, 2.45) is 0 Å². The third-order valence-electron chi connectivity index (χ3n) is 6.08. The van der Waals surface area contributed by atoms with Crippen LogP contribution in [0.1, 0.15) is 24.5 Å². The first-order valence-electron chi connectivity index (χ1n) is 12.0. The summed E-state index contributed by atoms with van der Waals surface area (Å²) in [5.41, 5.74) is -1.22. The van der Waals surface area contributed by atoms with Crippen LogP contribution in [0.2, 0.25) is 10.0 Å². The normalized spacial score (nSPS) is 12.5. The molecular formula is C27H26Cl2F3N3O4S. The second-order valence-corrected chi connectivity index (χ2v) is 11.3. The minimum absolute atomic E-state index is 0.158. The zero-order valence-electron chi connectivity index (χ0n) is 21.5. The van der Waals surface area contributed by atoms with Crippen LogP contribution >= 0.6 is 23.2 Å². The molecule has 40 heavy (non-hydrogen) atoms. The first-order valence-corrected chi connectivity index (χ1v) is 14.2. The zero-order chi connectivity index (χ0) is 29.7. The van der Waals surface area contributed by atoms with Crippen LogP contribution in [0.5, 0.6) is 0 Å². The van der Waals surface area contributed by atoms with Gasteiger partial charge in [0.2, 0.25) is 11.8 Å². The van der Waals surface area contributed by atoms with E-state index in [1.54, 1.807) is 37.3 Å². The third-order valence-corrected chi connectivity index (χ3v) is 8.55. The Bertz CT molecular complexity index is 1470. The summed E-state index contributed by atoms with van der Waals surface area (Å²) in [7, 11) is -3.21. The average Bonchev–Trinajstić information content (AvgIpc) is 2.92. The predicted octanol–water partition coefficient (Wildman–Crippen LogP) is 5.76. The molecule has 2 amide bonds. The summed E-state index contributed by atoms with van der Waals surface area (Å²) in [6.07, 6.45) is -4.65. The van der Waals surface area contributed by atoms with E-state index in [-0.39, 0.29) is 22.9 Å². The summed E-state index contributed by atoms with van der Waals surface area (Å²) >= 11 is 12.5. The van der Waals surface area contributed by atoms with E-state index in [1.165, 1.54) is 31.3 Å². The highest BCUT2D eigenvalue weighted by Crippen LogP contribution is 2.37. The van der Waals surface area contributed by atoms with E-state index in [9.17, 15) is 31.2 Å². The van der Waals surface area contributed by atoms with Gasteiger partial charge in [0.15, 0.2) is 0 Å². The standard InChI is InChI=1S/C27H26Cl2F3N3O4S/c1-3-23(26(37)33-2)34(16-18-9-7-8-12-21(18)28)25(36)17-35(40(38,39)20-10-5-4-6-11-20)24-15-19(27(30,31)32)13-14-22(24)29/h4-15,23H,3,16-17H2,1-2H3,(H,33,37)/t23-/m1/s1. The Morgan fingerprint density at radius 2 is 1.57 bits per heavy atom. The van der Waals surface area contributed by atoms with Crippen molar-refractivity contribution in [3.63, 3.8) is 0 Å². The van der Waals surface area contributed by atoms with E-state index in [0.29, 0.717) is 27.0 Å². The van der Waals surface area contributed by atoms with Crippen molar-refractivity contribution in [1.82, 2.24) is 10.2 Å². The number of rotatable bonds is 10. The van der Waals surface area contributed by atoms with Crippen LogP contribution in [-0.4, -0.2) is 44.8 Å². The van der Waals surface area contributed by atoms with Gasteiger partial charge in [-0.3, -0.25) is 13.9 Å². The lowest BCUT2D eigenvalue weighted by Gasteiger charge is -2.33. The smallest absolute Gasteiger partial charge is 0.357 e. The van der Waals surface area contributed by atoms with E-state index in [4.69, 9.17) is 23.2 Å². The van der Waals surface area contributed by atoms with Crippen molar-refractivity contribution in [3.05, 3.63) is 94.0 Å². The third kappa shape index (κ3) is 7.07. The van der Waals surface area contributed by atoms with E-state index in [1.807, 2.05) is 0 Å². The molecule has 13 heteroatoms. The van der Waals surface area contributed by atoms with Crippen molar-refractivity contribution in [2.75, 3.05) is 17.9 Å². The van der Waals surface area contributed by atoms with Gasteiger partial charge in [0, 0.05) is 18.6 Å². The van der Waals surface area contributed by atoms with Crippen LogP contribution in [0, 0.1) is 0 Å². The highest BCUT2D eigenvalue weighted by Gasteiger charge is 2.36. The van der Waals surface area contributed by atoms with Gasteiger partial charge in [-0.1, -0.05) is 66.5 Å². The summed E-state index contributed by atoms with van der Waals surface area (Å²) in [4.78, 5) is 27.5. The number of hydrogen-bond donors (Lipinski definition) is 1. The number of nitrogens with zero attached hydrogens (tertiary/aromatic N) is 2. The number of halogens is 5. The molecule has 0 spiro atoms. The molecule has 1 atom stereocenters. The second-order valence-electron chi connectivity index (χ2n) is 8.64. The Balaban J connectivity index is 2.17. The summed E-state index contributed by atoms with van der Waals surface area (Å²) in [5.74, 6) is -1.37. The molecular weight excluding hydrogens is 590 g/mol. The van der Waals surface area contributed by atoms with E-state index in [0.717, 1.165) is 11.0 Å². The van der Waals surface area contributed by atoms with Gasteiger partial charge in [-0.2, -0.15) is 13.2 Å². The van der Waals surface area contributed by atoms with Crippen molar-refractivity contribution in [2.45, 2.75) is 37.0 Å². The molecule has 214 valence electrons. The fraction of sp³-hybridized carbons (Fsp3) is 0.259. The van der Waals surface area contributed by atoms with Crippen molar-refractivity contribution in [3.8, 4) is 0 Å². The molecule has 0 fully saturated rings. The maximum atomic E-state index is 13.9. The number of anilines is 1. The van der Waals surface area contributed by atoms with Crippen LogP contribution in [0.4, 0.5) is 18.9 Å². The lowest BCUT2D eigenvalue weighted by Crippen LogP contribution is -2.51. The molecule has 0 aliphatic heterocycles. The summed E-state index contributed by atoms with van der Waals surface area (Å²) in [5, 5.41) is 2.47. The number of carbonyl (C=O) groups excluding carboxylic acids is 2. The Morgan fingerprint density at radius 3 is 2.15 bits per heavy atom. The van der Waals surface area contributed by atoms with Gasteiger partial charge in [0.05, 0.1) is 21.2 Å². The molecule has 0 bridgehead atoms. The lowest BCUT2D eigenvalue weighted by atomic mass is 10.1. The number of amides is 2. The number of benzene rings is 3. The van der Waals surface area contributed by atoms with Gasteiger partial charge in [-0.15, -0.1) is 0 Å². The summed E-state index contributed by atoms with van der Waals surface area (Å²) in [6, 6.07) is 14.7. The fourth-order valence-corrected chi connectivity index (χ4v) is 5.92. The summed E-state index contributed by atoms with van der Waals surface area (Å²) < 4.78 is 68.8. The Kier molecular flexibility index (Phi) is 10.1. The second kappa shape index (κ2) is 12.9. The SMILES string of the molecule is CC[C@H](C(=O)NC)N(Cc1ccccc1Cl)C(=O)CN(c1cc(C(F)(F)F)ccc1Cl)S(=O)(=O)c1ccccc1. The van der Waals surface area contributed by atoms with Crippen LogP contribution in [-0.2, 0) is 32.3 Å². The maximum absolute atomic E-state index is 13.9. The van der Waals surface area contributed by atoms with Gasteiger partial charge in [-0.05, 0) is 48.4 Å². The molecule has 0 heterocycles. The molecule has 3 aromatic rings. The first kappa shape index (κ1) is 31.3. The highest BCUT2D eigenvalue weighted by atomic mass is 35.5. The van der Waals surface area contributed by atoms with Crippen molar-refractivity contribution in [1.29, 1.82) is 0 Å². The van der Waals surface area contributed by atoms with Gasteiger partial charge in [0.25, 0.3) is 10.0 Å². The molecule has 3 aromatic carbocycles. The maximum Gasteiger partial charge on any atom is 0.416 e. The quantitative estimate of drug-likeness (QED) is 0.314. The van der Waals surface area contributed by atoms with E-state index in [2.05, 4.69) is 5.32 Å². The monoisotopic (exact) mass is 615 g/mol. The van der Waals surface area contributed by atoms with Gasteiger partial charge >= 0.3 is 6.18 Å². The first-order chi connectivity index (χ1) is 18.8. The molecule has 0 saturated heterocycles. The number of sulfonamides is 1. The van der Waals surface area contributed by atoms with Crippen LogP contribution in [0.25, 0.3) is 0 Å². The largest absolute Gasteiger partial charge is 0.416 e. The Morgan fingerprint density at radius 1 is 0.950 bits per heavy atom. The van der Waals surface area contributed by atoms with Crippen molar-refractivity contribution >= 4 is 50.7 Å². The van der Waals surface area contributed by atoms with Gasteiger partial charge in [-0.25, -0.2) is 8.42 Å². The fourth-order valence-electron chi connectivity index (χ4n) is 4.01. The molecule has 0 saturated carbocycles. The predicted molar refractivity (Wildman–Crippen MR) is 148 cm³/mol. The number of carbonyl (C=O) groups is 2. The van der Waals surface area contributed by atoms with E-state index < -0.39 is 51.9 Å². The minimum atomic E-state index is -4.81. The molecule has 0 radical (unpaired) electrons. The molecule has 0 aliphatic rings. The zero-order valence-corrected chi connectivity index (χ0v) is 23.8. The topological polar surface area (TPSA) is 86.8 Å². The Hall–Kier alpha value is -3.28. The minimum Gasteiger partial charge on any atom is -0.357 e. The molecule has 0 unspecified atom stereocenters. The van der Waals surface area contributed by atoms with Crippen LogP contribution < -0.4 is 9.62 Å². The lowest BCUT2D eigenvalue weighted by molar-refractivity contribution is -0.140. The highest BCUT2D eigenvalue weighted by molar-refractivity contribution is 7.92. The molecule has 0 aromatic heterocycles. The number of nitrogens with one attached hydrogen (secondary N) is 1. The molecule has 7 nitrogen and oxygen atoms in total. The molecule has 0 aliphatic carbocycles. The van der Waals surface area contributed by atoms with Crippen molar-refractivity contribution < 1.29 is 31.2 Å². The molecule has 3 rings (SSSR count). The average molecular weight is 616 g/mol. The van der Waals surface area contributed by atoms with Crippen LogP contribution in [0.15, 0.2) is 77.7 Å². The van der Waals surface area contributed by atoms with Crippen LogP contribution in [0.3, 0.4) is 0 Å². The number of likely N-dealkylation sites (N-methyl/N-ethyl adjacent to an activating group) is 1. The number of alkyl halides is 3. The Labute approximate surface area is 240 Å². The van der Waals surface area contributed by atoms with Gasteiger partial charge in [0.1, 0.15) is 12.6 Å². The molecule has 1 N–H and O–H groups in total. The van der Waals surface area contributed by atoms with E-state index >= 15 is 0 Å². The van der Waals surface area contributed by atoms with Gasteiger partial charge < -0.3 is 10.2 Å². The number of hydrogen-bond acceptors (Lipinski definition) is 4.